The van der Waals surface area contributed by atoms with Crippen molar-refractivity contribution < 1.29 is 14.3 Å². The minimum atomic E-state index is -0.705. The number of ether oxygens (including phenoxy) is 2. The zero-order valence-electron chi connectivity index (χ0n) is 12.8. The van der Waals surface area contributed by atoms with Crippen molar-refractivity contribution >= 4 is 5.97 Å². The van der Waals surface area contributed by atoms with Gasteiger partial charge in [0, 0.05) is 12.6 Å². The Hall–Kier alpha value is -0.610. The Morgan fingerprint density at radius 1 is 1.42 bits per heavy atom. The van der Waals surface area contributed by atoms with E-state index in [-0.39, 0.29) is 5.97 Å². The van der Waals surface area contributed by atoms with E-state index in [4.69, 9.17) is 9.47 Å². The summed E-state index contributed by atoms with van der Waals surface area (Å²) in [5.74, 6) is 0.336. The molecular formula is C15H29NO3. The highest BCUT2D eigenvalue weighted by molar-refractivity contribution is 5.80. The minimum Gasteiger partial charge on any atom is -0.465 e. The fraction of sp³-hybridized carbons (Fsp3) is 0.933. The fourth-order valence-corrected chi connectivity index (χ4v) is 2.17. The molecule has 1 saturated carbocycles. The minimum absolute atomic E-state index is 0.204. The number of esters is 1. The van der Waals surface area contributed by atoms with E-state index >= 15 is 0 Å². The van der Waals surface area contributed by atoms with Gasteiger partial charge in [-0.2, -0.15) is 0 Å². The molecule has 0 bridgehead atoms. The van der Waals surface area contributed by atoms with Crippen molar-refractivity contribution in [2.45, 2.75) is 65.0 Å². The van der Waals surface area contributed by atoms with Crippen LogP contribution in [-0.2, 0) is 14.3 Å². The maximum atomic E-state index is 12.1. The Bertz CT molecular complexity index is 279. The van der Waals surface area contributed by atoms with E-state index in [1.54, 1.807) is 0 Å². The van der Waals surface area contributed by atoms with Gasteiger partial charge < -0.3 is 9.47 Å². The lowest BCUT2D eigenvalue weighted by Gasteiger charge is -2.29. The van der Waals surface area contributed by atoms with Gasteiger partial charge in [0.25, 0.3) is 0 Å². The van der Waals surface area contributed by atoms with Crippen LogP contribution in [0.5, 0.6) is 0 Å². The summed E-state index contributed by atoms with van der Waals surface area (Å²) in [6, 6.07) is 0.450. The van der Waals surface area contributed by atoms with Crippen LogP contribution in [-0.4, -0.2) is 37.4 Å². The van der Waals surface area contributed by atoms with E-state index in [9.17, 15) is 4.79 Å². The summed E-state index contributed by atoms with van der Waals surface area (Å²) in [5.41, 5.74) is -0.705. The molecule has 1 rings (SSSR count). The molecule has 4 heteroatoms. The van der Waals surface area contributed by atoms with Crippen molar-refractivity contribution in [2.24, 2.45) is 5.92 Å². The predicted molar refractivity (Wildman–Crippen MR) is 76.1 cm³/mol. The molecule has 2 atom stereocenters. The van der Waals surface area contributed by atoms with Crippen LogP contribution in [0.2, 0.25) is 0 Å². The molecule has 0 aromatic rings. The topological polar surface area (TPSA) is 47.6 Å². The van der Waals surface area contributed by atoms with E-state index in [1.807, 2.05) is 13.8 Å². The van der Waals surface area contributed by atoms with Crippen LogP contribution in [0.15, 0.2) is 0 Å². The summed E-state index contributed by atoms with van der Waals surface area (Å²) >= 11 is 0. The first-order chi connectivity index (χ1) is 9.01. The lowest BCUT2D eigenvalue weighted by Crippen LogP contribution is -2.55. The third-order valence-electron chi connectivity index (χ3n) is 3.40. The molecule has 0 radical (unpaired) electrons. The van der Waals surface area contributed by atoms with Gasteiger partial charge in [0.15, 0.2) is 0 Å². The summed E-state index contributed by atoms with van der Waals surface area (Å²) in [7, 11) is 0. The number of rotatable bonds is 10. The highest BCUT2D eigenvalue weighted by Gasteiger charge is 2.40. The normalized spacial score (nSPS) is 19.8. The Kier molecular flexibility index (Phi) is 6.80. The molecule has 19 heavy (non-hydrogen) atoms. The number of carbonyl (C=O) groups is 1. The van der Waals surface area contributed by atoms with Crippen LogP contribution in [0.3, 0.4) is 0 Å². The Morgan fingerprint density at radius 3 is 2.63 bits per heavy atom. The first-order valence-electron chi connectivity index (χ1n) is 7.54. The van der Waals surface area contributed by atoms with E-state index < -0.39 is 5.54 Å². The lowest BCUT2D eigenvalue weighted by molar-refractivity contribution is -0.153. The maximum Gasteiger partial charge on any atom is 0.328 e. The molecule has 0 amide bonds. The van der Waals surface area contributed by atoms with E-state index in [0.717, 1.165) is 19.3 Å². The van der Waals surface area contributed by atoms with Gasteiger partial charge in [-0.15, -0.1) is 0 Å². The van der Waals surface area contributed by atoms with Crippen LogP contribution < -0.4 is 5.32 Å². The molecule has 0 aliphatic heterocycles. The Morgan fingerprint density at radius 2 is 2.11 bits per heavy atom. The van der Waals surface area contributed by atoms with Crippen LogP contribution >= 0.6 is 0 Å². The van der Waals surface area contributed by atoms with Crippen molar-refractivity contribution in [3.05, 3.63) is 0 Å². The standard InChI is InChI=1S/C15H29NO3/c1-5-7-12(3)10-18-11-15(4,14(17)19-6-2)16-13-8-9-13/h12-13,16H,5-11H2,1-4H3. The van der Waals surface area contributed by atoms with Crippen LogP contribution in [0.1, 0.15) is 53.4 Å². The second-order valence-corrected chi connectivity index (χ2v) is 5.88. The second kappa shape index (κ2) is 7.85. The third-order valence-corrected chi connectivity index (χ3v) is 3.40. The Balaban J connectivity index is 2.41. The smallest absolute Gasteiger partial charge is 0.328 e. The van der Waals surface area contributed by atoms with Gasteiger partial charge in [0.2, 0.25) is 0 Å². The zero-order valence-corrected chi connectivity index (χ0v) is 12.8. The summed E-state index contributed by atoms with van der Waals surface area (Å²) in [6.45, 7) is 9.57. The summed E-state index contributed by atoms with van der Waals surface area (Å²) in [4.78, 5) is 12.1. The van der Waals surface area contributed by atoms with Crippen LogP contribution in [0.4, 0.5) is 0 Å². The van der Waals surface area contributed by atoms with E-state index in [2.05, 4.69) is 19.2 Å². The van der Waals surface area contributed by atoms with Crippen molar-refractivity contribution in [1.82, 2.24) is 5.32 Å². The third kappa shape index (κ3) is 5.91. The molecule has 1 N–H and O–H groups in total. The summed E-state index contributed by atoms with van der Waals surface area (Å²) < 4.78 is 10.9. The zero-order chi connectivity index (χ0) is 14.3. The molecule has 2 unspecified atom stereocenters. The summed E-state index contributed by atoms with van der Waals surface area (Å²) in [6.07, 6.45) is 4.61. The number of hydrogen-bond donors (Lipinski definition) is 1. The second-order valence-electron chi connectivity index (χ2n) is 5.88. The molecule has 1 aliphatic carbocycles. The fourth-order valence-electron chi connectivity index (χ4n) is 2.17. The number of hydrogen-bond acceptors (Lipinski definition) is 4. The molecule has 0 heterocycles. The van der Waals surface area contributed by atoms with E-state index in [1.165, 1.54) is 6.42 Å². The van der Waals surface area contributed by atoms with Crippen molar-refractivity contribution in [3.8, 4) is 0 Å². The summed E-state index contributed by atoms with van der Waals surface area (Å²) in [5, 5.41) is 3.36. The van der Waals surface area contributed by atoms with E-state index in [0.29, 0.717) is 31.8 Å². The largest absolute Gasteiger partial charge is 0.465 e. The van der Waals surface area contributed by atoms with Crippen molar-refractivity contribution in [2.75, 3.05) is 19.8 Å². The first kappa shape index (κ1) is 16.4. The highest BCUT2D eigenvalue weighted by atomic mass is 16.5. The molecule has 4 nitrogen and oxygen atoms in total. The average Bonchev–Trinajstić information content (AvgIpc) is 3.13. The van der Waals surface area contributed by atoms with Gasteiger partial charge in [-0.3, -0.25) is 5.32 Å². The van der Waals surface area contributed by atoms with Gasteiger partial charge in [-0.25, -0.2) is 4.79 Å². The lowest BCUT2D eigenvalue weighted by atomic mass is 10.0. The van der Waals surface area contributed by atoms with Crippen LogP contribution in [0.25, 0.3) is 0 Å². The Labute approximate surface area is 117 Å². The van der Waals surface area contributed by atoms with Crippen molar-refractivity contribution in [3.63, 3.8) is 0 Å². The quantitative estimate of drug-likeness (QED) is 0.620. The molecule has 0 saturated heterocycles. The van der Waals surface area contributed by atoms with Gasteiger partial charge in [-0.1, -0.05) is 20.3 Å². The van der Waals surface area contributed by atoms with Crippen molar-refractivity contribution in [1.29, 1.82) is 0 Å². The molecule has 0 spiro atoms. The molecule has 112 valence electrons. The first-order valence-corrected chi connectivity index (χ1v) is 7.54. The predicted octanol–water partition coefficient (Wildman–Crippen LogP) is 2.51. The SMILES string of the molecule is CCCC(C)COCC(C)(NC1CC1)C(=O)OCC. The molecule has 0 aromatic carbocycles. The van der Waals surface area contributed by atoms with Gasteiger partial charge >= 0.3 is 5.97 Å². The van der Waals surface area contributed by atoms with Gasteiger partial charge in [-0.05, 0) is 39.0 Å². The average molecular weight is 271 g/mol. The molecule has 0 aromatic heterocycles. The molecule has 1 aliphatic rings. The maximum absolute atomic E-state index is 12.1. The molecular weight excluding hydrogens is 242 g/mol. The monoisotopic (exact) mass is 271 g/mol. The van der Waals surface area contributed by atoms with Gasteiger partial charge in [0.05, 0.1) is 13.2 Å². The van der Waals surface area contributed by atoms with Gasteiger partial charge in [0.1, 0.15) is 5.54 Å². The number of nitrogens with one attached hydrogen (secondary N) is 1. The highest BCUT2D eigenvalue weighted by Crippen LogP contribution is 2.23. The van der Waals surface area contributed by atoms with Crippen LogP contribution in [0, 0.1) is 5.92 Å². The molecule has 1 fully saturated rings. The number of carbonyl (C=O) groups excluding carboxylic acids is 1.